The van der Waals surface area contributed by atoms with E-state index in [-0.39, 0.29) is 5.60 Å². The summed E-state index contributed by atoms with van der Waals surface area (Å²) in [6.07, 6.45) is -0.630. The molecule has 0 amide bonds. The fourth-order valence-electron chi connectivity index (χ4n) is 2.20. The number of alkyl halides is 3. The van der Waals surface area contributed by atoms with Gasteiger partial charge in [-0.05, 0) is 56.5 Å². The minimum Gasteiger partial charge on any atom is -0.487 e. The molecular weight excluding hydrogens is 243 g/mol. The zero-order valence-corrected chi connectivity index (χ0v) is 9.96. The van der Waals surface area contributed by atoms with Crippen molar-refractivity contribution in [3.63, 3.8) is 0 Å². The molecule has 0 spiro atoms. The van der Waals surface area contributed by atoms with Crippen molar-refractivity contribution in [2.75, 3.05) is 6.54 Å². The first-order valence-electron chi connectivity index (χ1n) is 6.02. The van der Waals surface area contributed by atoms with E-state index in [0.29, 0.717) is 12.3 Å². The molecule has 18 heavy (non-hydrogen) atoms. The largest absolute Gasteiger partial charge is 0.487 e. The van der Waals surface area contributed by atoms with Gasteiger partial charge in [0.05, 0.1) is 5.56 Å². The molecule has 5 heteroatoms. The van der Waals surface area contributed by atoms with Gasteiger partial charge in [0.25, 0.3) is 0 Å². The molecular formula is C13H16F3NO. The molecule has 1 aliphatic rings. The molecule has 0 radical (unpaired) electrons. The topological polar surface area (TPSA) is 35.2 Å². The van der Waals surface area contributed by atoms with Crippen LogP contribution in [0.4, 0.5) is 13.2 Å². The minimum absolute atomic E-state index is 0.255. The van der Waals surface area contributed by atoms with Gasteiger partial charge in [-0.15, -0.1) is 0 Å². The van der Waals surface area contributed by atoms with Gasteiger partial charge in [0.2, 0.25) is 0 Å². The molecule has 2 rings (SSSR count). The highest BCUT2D eigenvalue weighted by Crippen LogP contribution is 2.39. The van der Waals surface area contributed by atoms with Crippen LogP contribution in [-0.4, -0.2) is 12.1 Å². The summed E-state index contributed by atoms with van der Waals surface area (Å²) in [6.45, 7) is 0.528. The summed E-state index contributed by atoms with van der Waals surface area (Å²) in [7, 11) is 0. The third-order valence-electron chi connectivity index (χ3n) is 3.38. The van der Waals surface area contributed by atoms with E-state index >= 15 is 0 Å². The zero-order chi connectivity index (χ0) is 13.2. The van der Waals surface area contributed by atoms with Crippen LogP contribution in [0, 0.1) is 0 Å². The molecule has 1 saturated carbocycles. The van der Waals surface area contributed by atoms with Gasteiger partial charge in [-0.3, -0.25) is 0 Å². The smallest absolute Gasteiger partial charge is 0.416 e. The summed E-state index contributed by atoms with van der Waals surface area (Å²) in [5, 5.41) is 0. The Morgan fingerprint density at radius 2 is 1.78 bits per heavy atom. The van der Waals surface area contributed by atoms with Gasteiger partial charge in [0.15, 0.2) is 0 Å². The summed E-state index contributed by atoms with van der Waals surface area (Å²) in [6, 6.07) is 4.84. The van der Waals surface area contributed by atoms with Gasteiger partial charge in [-0.1, -0.05) is 0 Å². The molecule has 2 nitrogen and oxygen atoms in total. The van der Waals surface area contributed by atoms with Crippen molar-refractivity contribution in [1.29, 1.82) is 0 Å². The fraction of sp³-hybridized carbons (Fsp3) is 0.538. The Labute approximate surface area is 104 Å². The SMILES string of the molecule is NCCC1(Oc2ccc(C(F)(F)F)cc2)CCC1. The van der Waals surface area contributed by atoms with E-state index in [1.165, 1.54) is 12.1 Å². The maximum Gasteiger partial charge on any atom is 0.416 e. The normalized spacial score (nSPS) is 18.2. The summed E-state index contributed by atoms with van der Waals surface area (Å²) < 4.78 is 43.0. The Kier molecular flexibility index (Phi) is 3.52. The molecule has 1 aliphatic carbocycles. The summed E-state index contributed by atoms with van der Waals surface area (Å²) in [5.74, 6) is 0.483. The van der Waals surface area contributed by atoms with Crippen molar-refractivity contribution in [3.8, 4) is 5.75 Å². The molecule has 1 fully saturated rings. The van der Waals surface area contributed by atoms with Crippen LogP contribution >= 0.6 is 0 Å². The van der Waals surface area contributed by atoms with E-state index < -0.39 is 11.7 Å². The Hall–Kier alpha value is -1.23. The standard InChI is InChI=1S/C13H16F3NO/c14-13(15,16)10-2-4-11(5-3-10)18-12(8-9-17)6-1-7-12/h2-5H,1,6-9,17H2. The first-order chi connectivity index (χ1) is 8.45. The van der Waals surface area contributed by atoms with Gasteiger partial charge < -0.3 is 10.5 Å². The number of rotatable bonds is 4. The molecule has 0 bridgehead atoms. The number of hydrogen-bond donors (Lipinski definition) is 1. The van der Waals surface area contributed by atoms with Crippen LogP contribution in [0.3, 0.4) is 0 Å². The fourth-order valence-corrected chi connectivity index (χ4v) is 2.20. The Balaban J connectivity index is 2.06. The van der Waals surface area contributed by atoms with Crippen LogP contribution in [0.2, 0.25) is 0 Å². The van der Waals surface area contributed by atoms with E-state index in [9.17, 15) is 13.2 Å². The van der Waals surface area contributed by atoms with E-state index in [0.717, 1.165) is 37.8 Å². The molecule has 0 saturated heterocycles. The van der Waals surface area contributed by atoms with E-state index in [4.69, 9.17) is 10.5 Å². The molecule has 0 unspecified atom stereocenters. The van der Waals surface area contributed by atoms with Crippen molar-refractivity contribution in [2.45, 2.75) is 37.5 Å². The third-order valence-corrected chi connectivity index (χ3v) is 3.38. The molecule has 0 atom stereocenters. The van der Waals surface area contributed by atoms with E-state index in [1.807, 2.05) is 0 Å². The van der Waals surface area contributed by atoms with Crippen LogP contribution < -0.4 is 10.5 Å². The summed E-state index contributed by atoms with van der Waals surface area (Å²) in [5.41, 5.74) is 4.62. The Morgan fingerprint density at radius 3 is 2.17 bits per heavy atom. The minimum atomic E-state index is -4.30. The second kappa shape index (κ2) is 4.80. The van der Waals surface area contributed by atoms with Gasteiger partial charge in [-0.2, -0.15) is 13.2 Å². The maximum atomic E-state index is 12.4. The van der Waals surface area contributed by atoms with E-state index in [1.54, 1.807) is 0 Å². The molecule has 1 aromatic rings. The van der Waals surface area contributed by atoms with Gasteiger partial charge in [0, 0.05) is 0 Å². The molecule has 1 aromatic carbocycles. The predicted molar refractivity (Wildman–Crippen MR) is 62.3 cm³/mol. The molecule has 2 N–H and O–H groups in total. The average molecular weight is 259 g/mol. The van der Waals surface area contributed by atoms with Gasteiger partial charge in [-0.25, -0.2) is 0 Å². The van der Waals surface area contributed by atoms with E-state index in [2.05, 4.69) is 0 Å². The molecule has 100 valence electrons. The monoisotopic (exact) mass is 259 g/mol. The predicted octanol–water partition coefficient (Wildman–Crippen LogP) is 3.36. The maximum absolute atomic E-state index is 12.4. The Morgan fingerprint density at radius 1 is 1.17 bits per heavy atom. The number of nitrogens with two attached hydrogens (primary N) is 1. The van der Waals surface area contributed by atoms with Crippen molar-refractivity contribution >= 4 is 0 Å². The lowest BCUT2D eigenvalue weighted by Gasteiger charge is -2.41. The van der Waals surface area contributed by atoms with Gasteiger partial charge in [0.1, 0.15) is 11.4 Å². The van der Waals surface area contributed by atoms with Crippen molar-refractivity contribution < 1.29 is 17.9 Å². The second-order valence-electron chi connectivity index (χ2n) is 4.70. The summed E-state index contributed by atoms with van der Waals surface area (Å²) >= 11 is 0. The molecule has 0 heterocycles. The quantitative estimate of drug-likeness (QED) is 0.899. The summed E-state index contributed by atoms with van der Waals surface area (Å²) in [4.78, 5) is 0. The first-order valence-corrected chi connectivity index (χ1v) is 6.02. The van der Waals surface area contributed by atoms with Crippen LogP contribution in [0.1, 0.15) is 31.2 Å². The molecule has 0 aromatic heterocycles. The number of ether oxygens (including phenoxy) is 1. The number of halogens is 3. The highest BCUT2D eigenvalue weighted by atomic mass is 19.4. The average Bonchev–Trinajstić information content (AvgIpc) is 2.26. The highest BCUT2D eigenvalue weighted by molar-refractivity contribution is 5.29. The second-order valence-corrected chi connectivity index (χ2v) is 4.70. The van der Waals surface area contributed by atoms with Crippen LogP contribution in [-0.2, 0) is 6.18 Å². The van der Waals surface area contributed by atoms with Crippen molar-refractivity contribution in [1.82, 2.24) is 0 Å². The molecule has 0 aliphatic heterocycles. The number of hydrogen-bond acceptors (Lipinski definition) is 2. The first kappa shape index (κ1) is 13.2. The van der Waals surface area contributed by atoms with Crippen LogP contribution in [0.15, 0.2) is 24.3 Å². The van der Waals surface area contributed by atoms with Crippen molar-refractivity contribution in [3.05, 3.63) is 29.8 Å². The lowest BCUT2D eigenvalue weighted by Crippen LogP contribution is -2.44. The number of benzene rings is 1. The van der Waals surface area contributed by atoms with Crippen molar-refractivity contribution in [2.24, 2.45) is 5.73 Å². The highest BCUT2D eigenvalue weighted by Gasteiger charge is 2.38. The lowest BCUT2D eigenvalue weighted by molar-refractivity contribution is -0.137. The van der Waals surface area contributed by atoms with Crippen LogP contribution in [0.25, 0.3) is 0 Å². The Bertz CT molecular complexity index is 396. The van der Waals surface area contributed by atoms with Gasteiger partial charge >= 0.3 is 6.18 Å². The zero-order valence-electron chi connectivity index (χ0n) is 9.96. The lowest BCUT2D eigenvalue weighted by atomic mass is 9.77. The van der Waals surface area contributed by atoms with Crippen LogP contribution in [0.5, 0.6) is 5.75 Å². The third kappa shape index (κ3) is 2.77.